The molecule has 1 unspecified atom stereocenters. The summed E-state index contributed by atoms with van der Waals surface area (Å²) in [6, 6.07) is 21.8. The average Bonchev–Trinajstić information content (AvgIpc) is 3.06. The molecular formula is C25H21ClO4. The standard InChI is InChI=1S/C25H21ClO4/c1-2-29-20-12-13-21-23(16-20)30-25(24(21)28,18-8-10-19(26)11-9-18)22(14-15-27)17-6-4-3-5-7-17/h3-13,15-16,22H,2,14H2,1H3/t22-,25?/m0/s1. The smallest absolute Gasteiger partial charge is 0.215 e. The van der Waals surface area contributed by atoms with Crippen LogP contribution in [-0.4, -0.2) is 18.7 Å². The van der Waals surface area contributed by atoms with Crippen LogP contribution in [0.25, 0.3) is 0 Å². The van der Waals surface area contributed by atoms with Crippen LogP contribution in [0.5, 0.6) is 11.5 Å². The highest BCUT2D eigenvalue weighted by molar-refractivity contribution is 6.30. The van der Waals surface area contributed by atoms with Gasteiger partial charge in [-0.2, -0.15) is 0 Å². The van der Waals surface area contributed by atoms with Crippen LogP contribution in [0, 0.1) is 0 Å². The van der Waals surface area contributed by atoms with Gasteiger partial charge in [0.05, 0.1) is 12.2 Å². The van der Waals surface area contributed by atoms with Crippen molar-refractivity contribution in [3.8, 4) is 11.5 Å². The molecule has 0 bridgehead atoms. The fraction of sp³-hybridized carbons (Fsp3) is 0.200. The molecule has 3 aromatic rings. The number of carbonyl (C=O) groups is 2. The van der Waals surface area contributed by atoms with E-state index >= 15 is 0 Å². The van der Waals surface area contributed by atoms with E-state index in [1.165, 1.54) is 0 Å². The molecule has 0 amide bonds. The lowest BCUT2D eigenvalue weighted by molar-refractivity contribution is -0.109. The Hall–Kier alpha value is -3.11. The number of ether oxygens (including phenoxy) is 2. The summed E-state index contributed by atoms with van der Waals surface area (Å²) in [5.74, 6) is 0.390. The van der Waals surface area contributed by atoms with Gasteiger partial charge in [0.2, 0.25) is 11.4 Å². The van der Waals surface area contributed by atoms with E-state index in [0.29, 0.717) is 34.3 Å². The molecule has 0 radical (unpaired) electrons. The van der Waals surface area contributed by atoms with Crippen LogP contribution in [0.1, 0.15) is 40.7 Å². The fourth-order valence-corrected chi connectivity index (χ4v) is 4.21. The lowest BCUT2D eigenvalue weighted by Crippen LogP contribution is -2.43. The fourth-order valence-electron chi connectivity index (χ4n) is 4.09. The Balaban J connectivity index is 1.92. The molecule has 4 rings (SSSR count). The van der Waals surface area contributed by atoms with Gasteiger partial charge in [0.25, 0.3) is 0 Å². The van der Waals surface area contributed by atoms with Gasteiger partial charge >= 0.3 is 0 Å². The van der Waals surface area contributed by atoms with Gasteiger partial charge in [0.1, 0.15) is 17.8 Å². The second-order valence-corrected chi connectivity index (χ2v) is 7.57. The predicted molar refractivity (Wildman–Crippen MR) is 116 cm³/mol. The highest BCUT2D eigenvalue weighted by Gasteiger charge is 2.55. The maximum absolute atomic E-state index is 13.8. The molecule has 0 aliphatic carbocycles. The molecule has 1 aliphatic heterocycles. The quantitative estimate of drug-likeness (QED) is 0.468. The molecule has 0 spiro atoms. The van der Waals surface area contributed by atoms with Crippen LogP contribution < -0.4 is 9.47 Å². The highest BCUT2D eigenvalue weighted by Crippen LogP contribution is 2.51. The first-order valence-electron chi connectivity index (χ1n) is 9.85. The van der Waals surface area contributed by atoms with Crippen molar-refractivity contribution in [2.45, 2.75) is 24.9 Å². The minimum atomic E-state index is -1.37. The molecule has 0 N–H and O–H groups in total. The number of hydrogen-bond acceptors (Lipinski definition) is 4. The van der Waals surface area contributed by atoms with Crippen molar-refractivity contribution < 1.29 is 19.1 Å². The third-order valence-corrected chi connectivity index (χ3v) is 5.67. The third-order valence-electron chi connectivity index (χ3n) is 5.41. The van der Waals surface area contributed by atoms with E-state index in [0.717, 1.165) is 11.8 Å². The van der Waals surface area contributed by atoms with Crippen molar-refractivity contribution in [2.24, 2.45) is 0 Å². The zero-order valence-electron chi connectivity index (χ0n) is 16.5. The monoisotopic (exact) mass is 420 g/mol. The van der Waals surface area contributed by atoms with Crippen LogP contribution in [0.2, 0.25) is 5.02 Å². The van der Waals surface area contributed by atoms with Gasteiger partial charge in [0.15, 0.2) is 0 Å². The second-order valence-electron chi connectivity index (χ2n) is 7.13. The Morgan fingerprint density at radius 2 is 1.80 bits per heavy atom. The van der Waals surface area contributed by atoms with Crippen molar-refractivity contribution >= 4 is 23.7 Å². The number of ketones is 1. The predicted octanol–water partition coefficient (Wildman–Crippen LogP) is 5.58. The van der Waals surface area contributed by atoms with Gasteiger partial charge in [-0.1, -0.05) is 54.1 Å². The Morgan fingerprint density at radius 3 is 2.47 bits per heavy atom. The van der Waals surface area contributed by atoms with Crippen LogP contribution in [0.4, 0.5) is 0 Å². The van der Waals surface area contributed by atoms with Crippen molar-refractivity contribution in [1.29, 1.82) is 0 Å². The molecule has 0 saturated heterocycles. The minimum absolute atomic E-state index is 0.130. The second kappa shape index (κ2) is 8.33. The van der Waals surface area contributed by atoms with Crippen molar-refractivity contribution in [3.63, 3.8) is 0 Å². The molecule has 0 fully saturated rings. The summed E-state index contributed by atoms with van der Waals surface area (Å²) in [7, 11) is 0. The van der Waals surface area contributed by atoms with Gasteiger partial charge in [-0.15, -0.1) is 0 Å². The lowest BCUT2D eigenvalue weighted by atomic mass is 9.72. The van der Waals surface area contributed by atoms with E-state index in [2.05, 4.69) is 0 Å². The largest absolute Gasteiger partial charge is 0.494 e. The summed E-state index contributed by atoms with van der Waals surface area (Å²) in [6.45, 7) is 2.40. The van der Waals surface area contributed by atoms with Gasteiger partial charge < -0.3 is 14.3 Å². The van der Waals surface area contributed by atoms with E-state index in [1.54, 1.807) is 42.5 Å². The number of hydrogen-bond donors (Lipinski definition) is 0. The molecule has 0 aromatic heterocycles. The molecule has 5 heteroatoms. The number of carbonyl (C=O) groups excluding carboxylic acids is 2. The Morgan fingerprint density at radius 1 is 1.07 bits per heavy atom. The Bertz CT molecular complexity index is 1060. The number of rotatable bonds is 7. The molecule has 4 nitrogen and oxygen atoms in total. The first-order valence-corrected chi connectivity index (χ1v) is 10.2. The number of fused-ring (bicyclic) bond motifs is 1. The highest BCUT2D eigenvalue weighted by atomic mass is 35.5. The van der Waals surface area contributed by atoms with E-state index in [-0.39, 0.29) is 12.2 Å². The number of halogens is 1. The van der Waals surface area contributed by atoms with Crippen LogP contribution in [-0.2, 0) is 10.4 Å². The summed E-state index contributed by atoms with van der Waals surface area (Å²) in [4.78, 5) is 25.5. The summed E-state index contributed by atoms with van der Waals surface area (Å²) in [6.07, 6.45) is 0.964. The minimum Gasteiger partial charge on any atom is -0.494 e. The molecule has 152 valence electrons. The topological polar surface area (TPSA) is 52.6 Å². The molecule has 3 aromatic carbocycles. The van der Waals surface area contributed by atoms with Gasteiger partial charge in [0, 0.05) is 29.0 Å². The van der Waals surface area contributed by atoms with E-state index in [4.69, 9.17) is 21.1 Å². The van der Waals surface area contributed by atoms with E-state index in [1.807, 2.05) is 37.3 Å². The van der Waals surface area contributed by atoms with Crippen LogP contribution >= 0.6 is 11.6 Å². The first-order chi connectivity index (χ1) is 14.6. The number of Topliss-reactive ketones (excluding diaryl/α,β-unsaturated/α-hetero) is 1. The summed E-state index contributed by atoms with van der Waals surface area (Å²) < 4.78 is 12.0. The summed E-state index contributed by atoms with van der Waals surface area (Å²) >= 11 is 6.10. The molecular weight excluding hydrogens is 400 g/mol. The van der Waals surface area contributed by atoms with Gasteiger partial charge in [-0.25, -0.2) is 0 Å². The number of aldehydes is 1. The normalized spacial score (nSPS) is 18.4. The van der Waals surface area contributed by atoms with Gasteiger partial charge in [-0.05, 0) is 36.8 Å². The zero-order chi connectivity index (χ0) is 21.1. The molecule has 0 saturated carbocycles. The van der Waals surface area contributed by atoms with E-state index in [9.17, 15) is 9.59 Å². The molecule has 1 aliphatic rings. The molecule has 1 heterocycles. The van der Waals surface area contributed by atoms with Crippen LogP contribution in [0.3, 0.4) is 0 Å². The third kappa shape index (κ3) is 3.37. The summed E-state index contributed by atoms with van der Waals surface area (Å²) in [5, 5.41) is 0.558. The molecule has 30 heavy (non-hydrogen) atoms. The molecule has 2 atom stereocenters. The van der Waals surface area contributed by atoms with E-state index < -0.39 is 11.5 Å². The SMILES string of the molecule is CCOc1ccc2c(c1)OC(c1ccc(Cl)cc1)([C@@H](CC=O)c1ccccc1)C2=O. The van der Waals surface area contributed by atoms with Crippen molar-refractivity contribution in [1.82, 2.24) is 0 Å². The lowest BCUT2D eigenvalue weighted by Gasteiger charge is -2.35. The maximum Gasteiger partial charge on any atom is 0.215 e. The first kappa shape index (κ1) is 20.2. The number of benzene rings is 3. The van der Waals surface area contributed by atoms with Crippen LogP contribution in [0.15, 0.2) is 72.8 Å². The zero-order valence-corrected chi connectivity index (χ0v) is 17.3. The van der Waals surface area contributed by atoms with Crippen molar-refractivity contribution in [3.05, 3.63) is 94.5 Å². The average molecular weight is 421 g/mol. The Kier molecular flexibility index (Phi) is 5.60. The summed E-state index contributed by atoms with van der Waals surface area (Å²) in [5.41, 5.74) is 0.604. The van der Waals surface area contributed by atoms with Crippen molar-refractivity contribution in [2.75, 3.05) is 6.61 Å². The van der Waals surface area contributed by atoms with Gasteiger partial charge in [-0.3, -0.25) is 4.79 Å². The Labute approximate surface area is 180 Å². The maximum atomic E-state index is 13.8.